The van der Waals surface area contributed by atoms with Crippen LogP contribution in [-0.4, -0.2) is 21.1 Å². The van der Waals surface area contributed by atoms with Gasteiger partial charge in [0.25, 0.3) is 5.56 Å². The van der Waals surface area contributed by atoms with Crippen LogP contribution in [0, 0.1) is 0 Å². The quantitative estimate of drug-likeness (QED) is 0.793. The Kier molecular flexibility index (Phi) is 3.09. The highest BCUT2D eigenvalue weighted by Gasteiger charge is 2.27. The van der Waals surface area contributed by atoms with Crippen molar-refractivity contribution in [2.45, 2.75) is 30.6 Å². The van der Waals surface area contributed by atoms with Gasteiger partial charge in [0.1, 0.15) is 5.82 Å². The van der Waals surface area contributed by atoms with E-state index in [0.29, 0.717) is 5.25 Å². The molecule has 0 spiro atoms. The number of aromatic amines is 1. The van der Waals surface area contributed by atoms with Crippen LogP contribution in [0.25, 0.3) is 0 Å². The van der Waals surface area contributed by atoms with Crippen LogP contribution in [0.3, 0.4) is 0 Å². The number of nitrogen functional groups attached to an aromatic ring is 1. The Bertz CT molecular complexity index is 494. The summed E-state index contributed by atoms with van der Waals surface area (Å²) in [4.78, 5) is 25.0. The van der Waals surface area contributed by atoms with Gasteiger partial charge >= 0.3 is 5.69 Å². The number of anilines is 1. The molecule has 88 valence electrons. The van der Waals surface area contributed by atoms with Crippen LogP contribution in [0.1, 0.15) is 25.3 Å². The zero-order valence-corrected chi connectivity index (χ0v) is 9.92. The smallest absolute Gasteiger partial charge is 0.330 e. The Morgan fingerprint density at radius 2 is 2.25 bits per heavy atom. The molecule has 5 nitrogen and oxygen atoms in total. The summed E-state index contributed by atoms with van der Waals surface area (Å²) in [6.45, 7) is 0. The number of nitrogens with one attached hydrogen (secondary N) is 1. The Hall–Kier alpha value is -1.17. The van der Waals surface area contributed by atoms with Crippen LogP contribution in [0.2, 0.25) is 0 Å². The fourth-order valence-electron chi connectivity index (χ4n) is 2.27. The Morgan fingerprint density at radius 1 is 1.50 bits per heavy atom. The molecule has 2 rings (SSSR count). The molecule has 1 aromatic heterocycles. The maximum Gasteiger partial charge on any atom is 0.330 e. The number of nitrogens with two attached hydrogens (primary N) is 1. The van der Waals surface area contributed by atoms with Gasteiger partial charge < -0.3 is 5.73 Å². The second-order valence-electron chi connectivity index (χ2n) is 4.06. The standard InChI is InChI=1S/C10H15N3O2S/c1-16-7-3-2-6(4-7)13-8(11)5-9(14)12-10(13)15/h5-7H,2-4,11H2,1H3,(H,12,14,15). The average Bonchev–Trinajstić information content (AvgIpc) is 2.64. The third-order valence-electron chi connectivity index (χ3n) is 3.06. The molecule has 0 radical (unpaired) electrons. The number of nitrogens with zero attached hydrogens (tertiary/aromatic N) is 1. The largest absolute Gasteiger partial charge is 0.385 e. The van der Waals surface area contributed by atoms with E-state index in [9.17, 15) is 9.59 Å². The molecule has 3 N–H and O–H groups in total. The summed E-state index contributed by atoms with van der Waals surface area (Å²) in [5.74, 6) is 0.264. The molecule has 0 aromatic carbocycles. The van der Waals surface area contributed by atoms with Crippen molar-refractivity contribution in [3.05, 3.63) is 26.9 Å². The molecule has 0 saturated heterocycles. The fourth-order valence-corrected chi connectivity index (χ4v) is 3.05. The highest BCUT2D eigenvalue weighted by atomic mass is 32.2. The third kappa shape index (κ3) is 2.02. The average molecular weight is 241 g/mol. The minimum Gasteiger partial charge on any atom is -0.385 e. The van der Waals surface area contributed by atoms with Gasteiger partial charge in [0.05, 0.1) is 0 Å². The number of H-pyrrole nitrogens is 1. The number of hydrogen-bond donors (Lipinski definition) is 2. The lowest BCUT2D eigenvalue weighted by Crippen LogP contribution is -2.33. The van der Waals surface area contributed by atoms with Crippen LogP contribution < -0.4 is 17.0 Å². The summed E-state index contributed by atoms with van der Waals surface area (Å²) < 4.78 is 1.51. The zero-order chi connectivity index (χ0) is 11.7. The van der Waals surface area contributed by atoms with E-state index in [-0.39, 0.29) is 11.9 Å². The van der Waals surface area contributed by atoms with Gasteiger partial charge in [-0.2, -0.15) is 11.8 Å². The van der Waals surface area contributed by atoms with E-state index in [1.165, 1.54) is 10.6 Å². The van der Waals surface area contributed by atoms with E-state index < -0.39 is 11.2 Å². The van der Waals surface area contributed by atoms with Crippen molar-refractivity contribution < 1.29 is 0 Å². The van der Waals surface area contributed by atoms with Crippen molar-refractivity contribution in [1.29, 1.82) is 0 Å². The zero-order valence-electron chi connectivity index (χ0n) is 9.10. The molecule has 0 bridgehead atoms. The minimum atomic E-state index is -0.432. The van der Waals surface area contributed by atoms with Crippen molar-refractivity contribution in [1.82, 2.24) is 9.55 Å². The summed E-state index contributed by atoms with van der Waals surface area (Å²) in [6.07, 6.45) is 5.06. The van der Waals surface area contributed by atoms with Gasteiger partial charge in [0.2, 0.25) is 0 Å². The first kappa shape index (κ1) is 11.3. The summed E-state index contributed by atoms with van der Waals surface area (Å²) >= 11 is 1.82. The van der Waals surface area contributed by atoms with Crippen LogP contribution >= 0.6 is 11.8 Å². The highest BCUT2D eigenvalue weighted by molar-refractivity contribution is 7.99. The van der Waals surface area contributed by atoms with E-state index in [4.69, 9.17) is 5.73 Å². The molecule has 1 fully saturated rings. The van der Waals surface area contributed by atoms with E-state index >= 15 is 0 Å². The first-order chi connectivity index (χ1) is 7.61. The van der Waals surface area contributed by atoms with Crippen molar-refractivity contribution in [3.63, 3.8) is 0 Å². The Morgan fingerprint density at radius 3 is 2.81 bits per heavy atom. The Labute approximate surface area is 97.1 Å². The molecule has 1 aliphatic rings. The maximum absolute atomic E-state index is 11.7. The van der Waals surface area contributed by atoms with Crippen molar-refractivity contribution in [3.8, 4) is 0 Å². The van der Waals surface area contributed by atoms with E-state index in [1.807, 2.05) is 11.8 Å². The molecular formula is C10H15N3O2S. The van der Waals surface area contributed by atoms with Crippen LogP contribution in [-0.2, 0) is 0 Å². The second kappa shape index (κ2) is 4.37. The van der Waals surface area contributed by atoms with Crippen molar-refractivity contribution >= 4 is 17.6 Å². The van der Waals surface area contributed by atoms with Gasteiger partial charge in [-0.3, -0.25) is 14.3 Å². The van der Waals surface area contributed by atoms with E-state index in [1.54, 1.807) is 0 Å². The molecule has 16 heavy (non-hydrogen) atoms. The fraction of sp³-hybridized carbons (Fsp3) is 0.600. The molecular weight excluding hydrogens is 226 g/mol. The van der Waals surface area contributed by atoms with Gasteiger partial charge in [-0.1, -0.05) is 0 Å². The minimum absolute atomic E-state index is 0.127. The number of rotatable bonds is 2. The van der Waals surface area contributed by atoms with Crippen LogP contribution in [0.4, 0.5) is 5.82 Å². The number of aromatic nitrogens is 2. The van der Waals surface area contributed by atoms with Crippen molar-refractivity contribution in [2.75, 3.05) is 12.0 Å². The molecule has 1 aliphatic carbocycles. The summed E-state index contributed by atoms with van der Waals surface area (Å²) in [5.41, 5.74) is 4.90. The van der Waals surface area contributed by atoms with Gasteiger partial charge in [0, 0.05) is 17.4 Å². The lowest BCUT2D eigenvalue weighted by Gasteiger charge is -2.15. The van der Waals surface area contributed by atoms with Crippen molar-refractivity contribution in [2.24, 2.45) is 0 Å². The van der Waals surface area contributed by atoms with Gasteiger partial charge in [0.15, 0.2) is 0 Å². The maximum atomic E-state index is 11.7. The molecule has 6 heteroatoms. The summed E-state index contributed by atoms with van der Waals surface area (Å²) in [5, 5.41) is 0.586. The first-order valence-corrected chi connectivity index (χ1v) is 6.54. The van der Waals surface area contributed by atoms with Gasteiger partial charge in [-0.25, -0.2) is 4.79 Å². The van der Waals surface area contributed by atoms with Crippen LogP contribution in [0.15, 0.2) is 15.7 Å². The highest BCUT2D eigenvalue weighted by Crippen LogP contribution is 2.35. The number of hydrogen-bond acceptors (Lipinski definition) is 4. The van der Waals surface area contributed by atoms with E-state index in [2.05, 4.69) is 11.2 Å². The second-order valence-corrected chi connectivity index (χ2v) is 5.20. The lowest BCUT2D eigenvalue weighted by molar-refractivity contribution is 0.499. The third-order valence-corrected chi connectivity index (χ3v) is 4.16. The molecule has 0 amide bonds. The summed E-state index contributed by atoms with van der Waals surface area (Å²) in [7, 11) is 0. The van der Waals surface area contributed by atoms with Gasteiger partial charge in [-0.05, 0) is 25.5 Å². The first-order valence-electron chi connectivity index (χ1n) is 5.26. The summed E-state index contributed by atoms with van der Waals surface area (Å²) in [6, 6.07) is 1.40. The van der Waals surface area contributed by atoms with Crippen LogP contribution in [0.5, 0.6) is 0 Å². The molecule has 1 saturated carbocycles. The molecule has 0 aliphatic heterocycles. The topological polar surface area (TPSA) is 80.9 Å². The monoisotopic (exact) mass is 241 g/mol. The SMILES string of the molecule is CSC1CCC(n2c(N)cc(=O)[nH]c2=O)C1. The molecule has 2 atom stereocenters. The number of thioether (sulfide) groups is 1. The predicted octanol–water partition coefficient (Wildman–Crippen LogP) is 0.575. The molecule has 1 heterocycles. The van der Waals surface area contributed by atoms with Gasteiger partial charge in [-0.15, -0.1) is 0 Å². The predicted molar refractivity (Wildman–Crippen MR) is 65.9 cm³/mol. The van der Waals surface area contributed by atoms with E-state index in [0.717, 1.165) is 19.3 Å². The lowest BCUT2D eigenvalue weighted by atomic mass is 10.2. The molecule has 1 aromatic rings. The Balaban J connectivity index is 2.35. The normalized spacial score (nSPS) is 24.8. The molecule has 2 unspecified atom stereocenters.